The molecule has 2 fully saturated rings. The second-order valence-corrected chi connectivity index (χ2v) is 12.4. The van der Waals surface area contributed by atoms with Gasteiger partial charge in [0.1, 0.15) is 55.4 Å². The number of unbranched alkanes of at least 4 members (excludes halogenated alkanes) is 16. The molecule has 0 saturated carbocycles. The summed E-state index contributed by atoms with van der Waals surface area (Å²) in [6.07, 6.45) is 5.43. The van der Waals surface area contributed by atoms with E-state index in [0.29, 0.717) is 6.42 Å². The highest BCUT2D eigenvalue weighted by Crippen LogP contribution is 2.29. The van der Waals surface area contributed by atoms with Crippen LogP contribution in [0.3, 0.4) is 0 Å². The highest BCUT2D eigenvalue weighted by atomic mass is 16.7. The molecule has 0 amide bonds. The van der Waals surface area contributed by atoms with E-state index in [1.165, 1.54) is 83.5 Å². The molecule has 0 unspecified atom stereocenters. The van der Waals surface area contributed by atoms with Gasteiger partial charge in [-0.25, -0.2) is 0 Å². The van der Waals surface area contributed by atoms with Gasteiger partial charge in [0, 0.05) is 6.42 Å². The van der Waals surface area contributed by atoms with Crippen molar-refractivity contribution >= 4 is 5.97 Å². The van der Waals surface area contributed by atoms with Crippen molar-refractivity contribution in [3.8, 4) is 0 Å². The van der Waals surface area contributed by atoms with Crippen molar-refractivity contribution in [3.05, 3.63) is 0 Å². The molecule has 2 saturated heterocycles. The van der Waals surface area contributed by atoms with E-state index in [9.17, 15) is 40.5 Å². The molecule has 0 aromatic heterocycles. The molecule has 10 atom stereocenters. The molecule has 0 aromatic carbocycles. The minimum absolute atomic E-state index is 0.205. The second kappa shape index (κ2) is 22.6. The number of carbonyl (C=O) groups excluding carboxylic acids is 1. The molecule has 260 valence electrons. The van der Waals surface area contributed by atoms with Gasteiger partial charge in [0.05, 0.1) is 6.61 Å². The van der Waals surface area contributed by atoms with Crippen LogP contribution < -0.4 is 0 Å². The van der Waals surface area contributed by atoms with E-state index in [1.54, 1.807) is 0 Å². The van der Waals surface area contributed by atoms with E-state index in [2.05, 4.69) is 6.92 Å². The smallest absolute Gasteiger partial charge is 0.305 e. The molecule has 44 heavy (non-hydrogen) atoms. The number of esters is 1. The zero-order valence-electron chi connectivity index (χ0n) is 26.6. The van der Waals surface area contributed by atoms with Gasteiger partial charge in [-0.15, -0.1) is 0 Å². The van der Waals surface area contributed by atoms with Crippen molar-refractivity contribution < 1.29 is 59.5 Å². The molecule has 12 heteroatoms. The zero-order valence-corrected chi connectivity index (χ0v) is 26.6. The second-order valence-electron chi connectivity index (χ2n) is 12.4. The zero-order chi connectivity index (χ0) is 32.3. The average molecular weight is 637 g/mol. The van der Waals surface area contributed by atoms with Crippen LogP contribution in [0.25, 0.3) is 0 Å². The molecule has 0 aliphatic carbocycles. The van der Waals surface area contributed by atoms with Crippen LogP contribution in [0.5, 0.6) is 0 Å². The van der Waals surface area contributed by atoms with Crippen LogP contribution in [0.4, 0.5) is 0 Å². The topological polar surface area (TPSA) is 196 Å². The molecule has 7 N–H and O–H groups in total. The van der Waals surface area contributed by atoms with E-state index in [0.717, 1.165) is 19.3 Å². The molecular formula is C32H60O12. The monoisotopic (exact) mass is 636 g/mol. The van der Waals surface area contributed by atoms with Gasteiger partial charge in [0.2, 0.25) is 0 Å². The Morgan fingerprint density at radius 1 is 0.591 bits per heavy atom. The molecule has 0 bridgehead atoms. The molecule has 0 aromatic rings. The Bertz CT molecular complexity index is 740. The van der Waals surface area contributed by atoms with Crippen LogP contribution >= 0.6 is 0 Å². The van der Waals surface area contributed by atoms with Crippen LogP contribution in [-0.4, -0.2) is 116 Å². The molecule has 2 rings (SSSR count). The standard InChI is InChI=1S/C32H60O12/c1-2-3-4-5-6-7-8-9-10-11-12-13-14-15-16-17-18-19-24(34)41-21-23-25(35)26(36)29(39)32(43-23)44-30-22(20-33)42-31(40)28(38)27(30)37/h22-23,25-33,35-40H,2-21H2,1H3/t22-,23-,25+,26+,27-,28-,29-,30-,31+,32+/m1/s1. The van der Waals surface area contributed by atoms with Crippen molar-refractivity contribution in [2.75, 3.05) is 13.2 Å². The van der Waals surface area contributed by atoms with E-state index >= 15 is 0 Å². The lowest BCUT2D eigenvalue weighted by Crippen LogP contribution is -2.64. The number of carbonyl (C=O) groups is 1. The van der Waals surface area contributed by atoms with Crippen molar-refractivity contribution in [1.29, 1.82) is 0 Å². The molecule has 2 aliphatic rings. The largest absolute Gasteiger partial charge is 0.463 e. The third-order valence-electron chi connectivity index (χ3n) is 8.69. The summed E-state index contributed by atoms with van der Waals surface area (Å²) >= 11 is 0. The fraction of sp³-hybridized carbons (Fsp3) is 0.969. The number of ether oxygens (including phenoxy) is 4. The van der Waals surface area contributed by atoms with Crippen molar-refractivity contribution in [2.45, 2.75) is 184 Å². The van der Waals surface area contributed by atoms with Crippen molar-refractivity contribution in [2.24, 2.45) is 0 Å². The third-order valence-corrected chi connectivity index (χ3v) is 8.69. The molecule has 2 heterocycles. The first-order chi connectivity index (χ1) is 21.2. The Labute approximate surface area is 262 Å². The maximum Gasteiger partial charge on any atom is 0.305 e. The summed E-state index contributed by atoms with van der Waals surface area (Å²) in [6, 6.07) is 0. The number of rotatable bonds is 23. The molecule has 2 aliphatic heterocycles. The van der Waals surface area contributed by atoms with Gasteiger partial charge in [-0.3, -0.25) is 4.79 Å². The SMILES string of the molecule is CCCCCCCCCCCCCCCCCCCC(=O)OC[C@H]1O[C@@H](O[C@H]2[C@H](O)[C@@H](O)[C@@H](O)O[C@@H]2CO)[C@H](O)[C@@H](O)[C@H]1O. The van der Waals surface area contributed by atoms with Crippen molar-refractivity contribution in [1.82, 2.24) is 0 Å². The van der Waals surface area contributed by atoms with Gasteiger partial charge in [0.25, 0.3) is 0 Å². The fourth-order valence-corrected chi connectivity index (χ4v) is 5.80. The van der Waals surface area contributed by atoms with Crippen LogP contribution in [0.15, 0.2) is 0 Å². The fourth-order valence-electron chi connectivity index (χ4n) is 5.80. The van der Waals surface area contributed by atoms with Crippen LogP contribution in [-0.2, 0) is 23.7 Å². The number of hydrogen-bond acceptors (Lipinski definition) is 12. The highest BCUT2D eigenvalue weighted by Gasteiger charge is 2.50. The van der Waals surface area contributed by atoms with Crippen molar-refractivity contribution in [3.63, 3.8) is 0 Å². The number of hydrogen-bond donors (Lipinski definition) is 7. The summed E-state index contributed by atoms with van der Waals surface area (Å²) in [5.74, 6) is -0.478. The minimum Gasteiger partial charge on any atom is -0.463 e. The summed E-state index contributed by atoms with van der Waals surface area (Å²) < 4.78 is 21.3. The Balaban J connectivity index is 1.55. The Kier molecular flexibility index (Phi) is 20.1. The van der Waals surface area contributed by atoms with Gasteiger partial charge in [-0.05, 0) is 6.42 Å². The first-order valence-electron chi connectivity index (χ1n) is 17.0. The highest BCUT2D eigenvalue weighted by molar-refractivity contribution is 5.69. The summed E-state index contributed by atoms with van der Waals surface area (Å²) in [5, 5.41) is 70.3. The van der Waals surface area contributed by atoms with Gasteiger partial charge in [0.15, 0.2) is 12.6 Å². The van der Waals surface area contributed by atoms with Gasteiger partial charge < -0.3 is 54.7 Å². The maximum absolute atomic E-state index is 12.3. The van der Waals surface area contributed by atoms with E-state index in [-0.39, 0.29) is 6.42 Å². The normalized spacial score (nSPS) is 32.5. The summed E-state index contributed by atoms with van der Waals surface area (Å²) in [4.78, 5) is 12.3. The van der Waals surface area contributed by atoms with Crippen LogP contribution in [0.1, 0.15) is 122 Å². The van der Waals surface area contributed by atoms with Gasteiger partial charge in [-0.2, -0.15) is 0 Å². The summed E-state index contributed by atoms with van der Waals surface area (Å²) in [7, 11) is 0. The predicted molar refractivity (Wildman–Crippen MR) is 161 cm³/mol. The number of aliphatic hydroxyl groups is 7. The summed E-state index contributed by atoms with van der Waals surface area (Å²) in [6.45, 7) is 1.15. The quantitative estimate of drug-likeness (QED) is 0.0639. The summed E-state index contributed by atoms with van der Waals surface area (Å²) in [5.41, 5.74) is 0. The first-order valence-corrected chi connectivity index (χ1v) is 17.0. The lowest BCUT2D eigenvalue weighted by Gasteiger charge is -2.45. The van der Waals surface area contributed by atoms with Crippen LogP contribution in [0, 0.1) is 0 Å². The third kappa shape index (κ3) is 13.8. The minimum atomic E-state index is -1.77. The molecular weight excluding hydrogens is 576 g/mol. The Hall–Kier alpha value is -0.930. The molecule has 0 spiro atoms. The lowest BCUT2D eigenvalue weighted by atomic mass is 9.97. The Morgan fingerprint density at radius 2 is 1.09 bits per heavy atom. The van der Waals surface area contributed by atoms with Gasteiger partial charge >= 0.3 is 5.97 Å². The molecule has 0 radical (unpaired) electrons. The maximum atomic E-state index is 12.3. The van der Waals surface area contributed by atoms with E-state index < -0.39 is 80.6 Å². The first kappa shape index (κ1) is 39.2. The average Bonchev–Trinajstić information content (AvgIpc) is 3.02. The Morgan fingerprint density at radius 3 is 1.59 bits per heavy atom. The lowest BCUT2D eigenvalue weighted by molar-refractivity contribution is -0.355. The van der Waals surface area contributed by atoms with E-state index in [4.69, 9.17) is 18.9 Å². The number of aliphatic hydroxyl groups excluding tert-OH is 7. The van der Waals surface area contributed by atoms with Crippen LogP contribution in [0.2, 0.25) is 0 Å². The predicted octanol–water partition coefficient (Wildman–Crippen LogP) is 2.20. The molecule has 12 nitrogen and oxygen atoms in total. The van der Waals surface area contributed by atoms with Gasteiger partial charge in [-0.1, -0.05) is 110 Å². The van der Waals surface area contributed by atoms with E-state index in [1.807, 2.05) is 0 Å².